The highest BCUT2D eigenvalue weighted by molar-refractivity contribution is 6.02. The minimum absolute atomic E-state index is 0.180. The fourth-order valence-corrected chi connectivity index (χ4v) is 2.19. The Balaban J connectivity index is 2.21. The molecule has 8 nitrogen and oxygen atoms in total. The Morgan fingerprint density at radius 2 is 1.96 bits per heavy atom. The number of imidazole rings is 1. The highest BCUT2D eigenvalue weighted by Gasteiger charge is 2.20. The van der Waals surface area contributed by atoms with Gasteiger partial charge in [0, 0.05) is 32.9 Å². The van der Waals surface area contributed by atoms with Crippen LogP contribution in [0, 0.1) is 0 Å². The molecule has 0 aliphatic heterocycles. The second-order valence-electron chi connectivity index (χ2n) is 5.55. The standard InChI is InChI=1S/C16H23N5O3/c1-20(2)10-7-17-15(22)13-12-6-4-5-9-21(12)14(19-13)16(23)18-8-11-24-3/h4-6,9H,7-8,10-11H2,1-3H3,(H,17,22)(H,18,23). The van der Waals surface area contributed by atoms with Crippen LogP contribution in [0.3, 0.4) is 0 Å². The second kappa shape index (κ2) is 8.42. The number of carbonyl (C=O) groups is 2. The number of aromatic nitrogens is 2. The van der Waals surface area contributed by atoms with Crippen molar-refractivity contribution in [1.29, 1.82) is 0 Å². The van der Waals surface area contributed by atoms with Gasteiger partial charge in [-0.3, -0.25) is 14.0 Å². The second-order valence-corrected chi connectivity index (χ2v) is 5.55. The molecular weight excluding hydrogens is 310 g/mol. The number of nitrogens with one attached hydrogen (secondary N) is 2. The Kier molecular flexibility index (Phi) is 6.28. The summed E-state index contributed by atoms with van der Waals surface area (Å²) < 4.78 is 6.53. The first kappa shape index (κ1) is 17.9. The Bertz CT molecular complexity index is 711. The van der Waals surface area contributed by atoms with Crippen LogP contribution in [0.1, 0.15) is 21.1 Å². The van der Waals surface area contributed by atoms with Crippen molar-refractivity contribution in [1.82, 2.24) is 24.9 Å². The number of amides is 2. The van der Waals surface area contributed by atoms with Crippen molar-refractivity contribution in [2.24, 2.45) is 0 Å². The lowest BCUT2D eigenvalue weighted by molar-refractivity contribution is 0.0926. The molecule has 8 heteroatoms. The van der Waals surface area contributed by atoms with Crippen LogP contribution >= 0.6 is 0 Å². The first-order valence-electron chi connectivity index (χ1n) is 7.71. The molecule has 0 unspecified atom stereocenters. The van der Waals surface area contributed by atoms with Gasteiger partial charge in [-0.05, 0) is 26.2 Å². The van der Waals surface area contributed by atoms with E-state index in [9.17, 15) is 9.59 Å². The van der Waals surface area contributed by atoms with Crippen LogP contribution < -0.4 is 10.6 Å². The molecule has 0 fully saturated rings. The van der Waals surface area contributed by atoms with Crippen LogP contribution in [0.25, 0.3) is 5.52 Å². The van der Waals surface area contributed by atoms with E-state index in [1.807, 2.05) is 19.0 Å². The maximum atomic E-state index is 12.4. The summed E-state index contributed by atoms with van der Waals surface area (Å²) in [5.74, 6) is -0.462. The Labute approximate surface area is 140 Å². The minimum Gasteiger partial charge on any atom is -0.383 e. The lowest BCUT2D eigenvalue weighted by atomic mass is 10.3. The molecule has 0 atom stereocenters. The zero-order valence-corrected chi connectivity index (χ0v) is 14.2. The summed E-state index contributed by atoms with van der Waals surface area (Å²) in [4.78, 5) is 30.9. The smallest absolute Gasteiger partial charge is 0.287 e. The molecule has 0 aromatic carbocycles. The van der Waals surface area contributed by atoms with Crippen LogP contribution in [-0.4, -0.2) is 73.5 Å². The van der Waals surface area contributed by atoms with Crippen molar-refractivity contribution < 1.29 is 14.3 Å². The van der Waals surface area contributed by atoms with E-state index in [0.29, 0.717) is 25.2 Å². The Hall–Kier alpha value is -2.45. The molecule has 0 aliphatic carbocycles. The van der Waals surface area contributed by atoms with Gasteiger partial charge in [0.15, 0.2) is 5.69 Å². The summed E-state index contributed by atoms with van der Waals surface area (Å²) in [6.45, 7) is 2.02. The van der Waals surface area contributed by atoms with Crippen molar-refractivity contribution in [3.63, 3.8) is 0 Å². The molecule has 2 amide bonds. The van der Waals surface area contributed by atoms with Crippen LogP contribution in [-0.2, 0) is 4.74 Å². The molecular formula is C16H23N5O3. The third kappa shape index (κ3) is 4.30. The third-order valence-electron chi connectivity index (χ3n) is 3.40. The van der Waals surface area contributed by atoms with Gasteiger partial charge in [0.25, 0.3) is 11.8 Å². The Morgan fingerprint density at radius 1 is 1.21 bits per heavy atom. The quantitative estimate of drug-likeness (QED) is 0.664. The fourth-order valence-electron chi connectivity index (χ4n) is 2.19. The van der Waals surface area contributed by atoms with Gasteiger partial charge in [0.2, 0.25) is 5.82 Å². The normalized spacial score (nSPS) is 11.0. The molecule has 2 rings (SSSR count). The highest BCUT2D eigenvalue weighted by Crippen LogP contribution is 2.13. The average molecular weight is 333 g/mol. The van der Waals surface area contributed by atoms with Gasteiger partial charge in [-0.15, -0.1) is 0 Å². The summed E-state index contributed by atoms with van der Waals surface area (Å²) in [6, 6.07) is 5.36. The van der Waals surface area contributed by atoms with Gasteiger partial charge < -0.3 is 20.3 Å². The number of fused-ring (bicyclic) bond motifs is 1. The number of likely N-dealkylation sites (N-methyl/N-ethyl adjacent to an activating group) is 1. The molecule has 2 heterocycles. The molecule has 2 aromatic heterocycles. The van der Waals surface area contributed by atoms with Gasteiger partial charge in [-0.2, -0.15) is 0 Å². The average Bonchev–Trinajstić information content (AvgIpc) is 2.94. The number of carbonyl (C=O) groups excluding carboxylic acids is 2. The summed E-state index contributed by atoms with van der Waals surface area (Å²) in [7, 11) is 5.43. The monoisotopic (exact) mass is 333 g/mol. The third-order valence-corrected chi connectivity index (χ3v) is 3.40. The molecule has 2 N–H and O–H groups in total. The predicted molar refractivity (Wildman–Crippen MR) is 90.3 cm³/mol. The van der Waals surface area contributed by atoms with E-state index in [0.717, 1.165) is 6.54 Å². The van der Waals surface area contributed by atoms with Gasteiger partial charge >= 0.3 is 0 Å². The van der Waals surface area contributed by atoms with Crippen molar-refractivity contribution in [3.05, 3.63) is 35.9 Å². The number of pyridine rings is 1. The number of rotatable bonds is 8. The topological polar surface area (TPSA) is 88.0 Å². The summed E-state index contributed by atoms with van der Waals surface area (Å²) in [6.07, 6.45) is 1.71. The van der Waals surface area contributed by atoms with E-state index in [1.165, 1.54) is 0 Å². The largest absolute Gasteiger partial charge is 0.383 e. The minimum atomic E-state index is -0.347. The summed E-state index contributed by atoms with van der Waals surface area (Å²) in [5.41, 5.74) is 0.836. The highest BCUT2D eigenvalue weighted by atomic mass is 16.5. The van der Waals surface area contributed by atoms with E-state index in [1.54, 1.807) is 35.9 Å². The van der Waals surface area contributed by atoms with Crippen LogP contribution in [0.4, 0.5) is 0 Å². The lowest BCUT2D eigenvalue weighted by Crippen LogP contribution is -2.32. The van der Waals surface area contributed by atoms with Gasteiger partial charge in [-0.1, -0.05) is 6.07 Å². The molecule has 0 saturated heterocycles. The first-order chi connectivity index (χ1) is 11.5. The molecule has 130 valence electrons. The van der Waals surface area contributed by atoms with Crippen LogP contribution in [0.5, 0.6) is 0 Å². The molecule has 2 aromatic rings. The molecule has 0 saturated carbocycles. The van der Waals surface area contributed by atoms with Crippen molar-refractivity contribution in [2.45, 2.75) is 0 Å². The van der Waals surface area contributed by atoms with Crippen molar-refractivity contribution >= 4 is 17.3 Å². The fraction of sp³-hybridized carbons (Fsp3) is 0.438. The summed E-state index contributed by atoms with van der Waals surface area (Å²) >= 11 is 0. The number of nitrogens with zero attached hydrogens (tertiary/aromatic N) is 3. The van der Waals surface area contributed by atoms with Gasteiger partial charge in [0.05, 0.1) is 12.1 Å². The molecule has 0 aliphatic rings. The number of ether oxygens (including phenoxy) is 1. The SMILES string of the molecule is COCCNC(=O)c1nc(C(=O)NCCN(C)C)c2ccccn12. The zero-order chi connectivity index (χ0) is 17.5. The molecule has 0 bridgehead atoms. The first-order valence-corrected chi connectivity index (χ1v) is 7.71. The van der Waals surface area contributed by atoms with E-state index >= 15 is 0 Å². The van der Waals surface area contributed by atoms with Gasteiger partial charge in [-0.25, -0.2) is 4.98 Å². The van der Waals surface area contributed by atoms with E-state index in [4.69, 9.17) is 4.74 Å². The number of hydrogen-bond acceptors (Lipinski definition) is 5. The molecule has 24 heavy (non-hydrogen) atoms. The lowest BCUT2D eigenvalue weighted by Gasteiger charge is -2.09. The maximum absolute atomic E-state index is 12.4. The maximum Gasteiger partial charge on any atom is 0.287 e. The number of hydrogen-bond donors (Lipinski definition) is 2. The van der Waals surface area contributed by atoms with Crippen LogP contribution in [0.15, 0.2) is 24.4 Å². The van der Waals surface area contributed by atoms with Crippen LogP contribution in [0.2, 0.25) is 0 Å². The van der Waals surface area contributed by atoms with Crippen molar-refractivity contribution in [3.8, 4) is 0 Å². The molecule has 0 spiro atoms. The van der Waals surface area contributed by atoms with E-state index in [2.05, 4.69) is 15.6 Å². The Morgan fingerprint density at radius 3 is 2.67 bits per heavy atom. The summed E-state index contributed by atoms with van der Waals surface area (Å²) in [5, 5.41) is 5.54. The van der Waals surface area contributed by atoms with E-state index < -0.39 is 0 Å². The predicted octanol–water partition coefficient (Wildman–Crippen LogP) is 0.00190. The van der Waals surface area contributed by atoms with Crippen molar-refractivity contribution in [2.75, 3.05) is 47.4 Å². The van der Waals surface area contributed by atoms with Gasteiger partial charge in [0.1, 0.15) is 0 Å². The van der Waals surface area contributed by atoms with E-state index in [-0.39, 0.29) is 23.3 Å². The molecule has 0 radical (unpaired) electrons. The zero-order valence-electron chi connectivity index (χ0n) is 14.2. The number of methoxy groups -OCH3 is 1.